The van der Waals surface area contributed by atoms with Crippen molar-refractivity contribution in [3.63, 3.8) is 0 Å². The number of carbonyl (C=O) groups is 1. The molecule has 0 rings (SSSR count). The van der Waals surface area contributed by atoms with Crippen LogP contribution in [0.3, 0.4) is 0 Å². The number of nitrogens with zero attached hydrogens (tertiary/aromatic N) is 1. The van der Waals surface area contributed by atoms with Crippen molar-refractivity contribution in [1.29, 1.82) is 0 Å². The summed E-state index contributed by atoms with van der Waals surface area (Å²) in [5.74, 6) is -0.505. The van der Waals surface area contributed by atoms with Gasteiger partial charge in [-0.15, -0.1) is 0 Å². The van der Waals surface area contributed by atoms with E-state index in [0.29, 0.717) is 0 Å². The Morgan fingerprint density at radius 1 is 1.38 bits per heavy atom. The summed E-state index contributed by atoms with van der Waals surface area (Å²) >= 11 is 0. The van der Waals surface area contributed by atoms with Gasteiger partial charge in [0.05, 0.1) is 13.1 Å². The van der Waals surface area contributed by atoms with Crippen LogP contribution in [-0.4, -0.2) is 44.3 Å². The van der Waals surface area contributed by atoms with Crippen LogP contribution in [0.25, 0.3) is 0 Å². The van der Waals surface area contributed by atoms with E-state index in [1.807, 2.05) is 5.32 Å². The van der Waals surface area contributed by atoms with Crippen molar-refractivity contribution < 1.29 is 18.0 Å². The largest absolute Gasteiger partial charge is 0.401 e. The number of rotatable bonds is 4. The molecule has 0 spiro atoms. The van der Waals surface area contributed by atoms with Crippen molar-refractivity contribution in [1.82, 2.24) is 15.8 Å². The molecule has 0 bridgehead atoms. The van der Waals surface area contributed by atoms with Crippen LogP contribution in [0.5, 0.6) is 0 Å². The molecule has 0 aromatic carbocycles. The Hall–Kier alpha value is -0.820. The normalized spacial score (nSPS) is 11.8. The average molecular weight is 199 g/mol. The molecule has 0 unspecified atom stereocenters. The molecule has 78 valence electrons. The Kier molecular flexibility index (Phi) is 4.71. The summed E-state index contributed by atoms with van der Waals surface area (Å²) in [6.07, 6.45) is -4.28. The summed E-state index contributed by atoms with van der Waals surface area (Å²) in [6.45, 7) is -1.51. The maximum atomic E-state index is 11.6. The minimum atomic E-state index is -4.28. The van der Waals surface area contributed by atoms with E-state index >= 15 is 0 Å². The fraction of sp³-hybridized carbons (Fsp3) is 0.833. The lowest BCUT2D eigenvalue weighted by atomic mass is 10.5. The number of carbonyl (C=O) groups excluding carboxylic acids is 1. The first-order chi connectivity index (χ1) is 5.81. The van der Waals surface area contributed by atoms with Crippen molar-refractivity contribution >= 4 is 5.91 Å². The van der Waals surface area contributed by atoms with Crippen molar-refractivity contribution in [2.75, 3.05) is 27.2 Å². The third-order valence-electron chi connectivity index (χ3n) is 0.959. The van der Waals surface area contributed by atoms with Gasteiger partial charge in [0.15, 0.2) is 0 Å². The van der Waals surface area contributed by atoms with Crippen molar-refractivity contribution in [2.45, 2.75) is 6.18 Å². The molecule has 0 saturated heterocycles. The summed E-state index contributed by atoms with van der Waals surface area (Å²) in [5.41, 5.74) is 2.29. The lowest BCUT2D eigenvalue weighted by Crippen LogP contribution is -2.43. The topological polar surface area (TPSA) is 44.4 Å². The van der Waals surface area contributed by atoms with Crippen LogP contribution < -0.4 is 10.7 Å². The highest BCUT2D eigenvalue weighted by molar-refractivity contribution is 5.77. The summed E-state index contributed by atoms with van der Waals surface area (Å²) in [7, 11) is 3.14. The van der Waals surface area contributed by atoms with E-state index in [2.05, 4.69) is 5.43 Å². The summed E-state index contributed by atoms with van der Waals surface area (Å²) in [5, 5.41) is 3.33. The van der Waals surface area contributed by atoms with Crippen LogP contribution >= 0.6 is 0 Å². The van der Waals surface area contributed by atoms with E-state index in [1.165, 1.54) is 5.01 Å². The number of hydrogen-bond donors (Lipinski definition) is 2. The van der Waals surface area contributed by atoms with Gasteiger partial charge in [0.1, 0.15) is 0 Å². The molecule has 0 heterocycles. The molecule has 4 nitrogen and oxygen atoms in total. The number of alkyl halides is 3. The lowest BCUT2D eigenvalue weighted by Gasteiger charge is -2.12. The van der Waals surface area contributed by atoms with Gasteiger partial charge in [-0.2, -0.15) is 13.2 Å². The van der Waals surface area contributed by atoms with Crippen molar-refractivity contribution in [3.8, 4) is 0 Å². The molecule has 0 aliphatic carbocycles. The van der Waals surface area contributed by atoms with Gasteiger partial charge in [-0.25, -0.2) is 5.01 Å². The predicted octanol–water partition coefficient (Wildman–Crippen LogP) is -0.269. The van der Waals surface area contributed by atoms with Crippen LogP contribution in [0.2, 0.25) is 0 Å². The first-order valence-corrected chi connectivity index (χ1v) is 3.55. The zero-order valence-electron chi connectivity index (χ0n) is 7.40. The monoisotopic (exact) mass is 199 g/mol. The van der Waals surface area contributed by atoms with Crippen molar-refractivity contribution in [2.24, 2.45) is 0 Å². The zero-order chi connectivity index (χ0) is 10.5. The van der Waals surface area contributed by atoms with E-state index in [0.717, 1.165) is 0 Å². The molecule has 0 atom stereocenters. The Morgan fingerprint density at radius 2 is 1.92 bits per heavy atom. The number of amides is 1. The first kappa shape index (κ1) is 12.2. The second-order valence-electron chi connectivity index (χ2n) is 2.65. The van der Waals surface area contributed by atoms with Gasteiger partial charge >= 0.3 is 6.18 Å². The SMILES string of the molecule is CN(C)NC(=O)CNCC(F)(F)F. The lowest BCUT2D eigenvalue weighted by molar-refractivity contribution is -0.130. The number of hydrogen-bond acceptors (Lipinski definition) is 3. The molecular formula is C6H12F3N3O. The molecule has 0 radical (unpaired) electrons. The highest BCUT2D eigenvalue weighted by atomic mass is 19.4. The van der Waals surface area contributed by atoms with E-state index in [1.54, 1.807) is 14.1 Å². The second-order valence-corrected chi connectivity index (χ2v) is 2.65. The number of nitrogens with one attached hydrogen (secondary N) is 2. The zero-order valence-corrected chi connectivity index (χ0v) is 7.40. The summed E-state index contributed by atoms with van der Waals surface area (Å²) in [6, 6.07) is 0. The molecule has 0 aliphatic heterocycles. The van der Waals surface area contributed by atoms with Gasteiger partial charge in [0, 0.05) is 14.1 Å². The van der Waals surface area contributed by atoms with Crippen LogP contribution in [0.1, 0.15) is 0 Å². The summed E-state index contributed by atoms with van der Waals surface area (Å²) < 4.78 is 34.7. The van der Waals surface area contributed by atoms with E-state index in [9.17, 15) is 18.0 Å². The predicted molar refractivity (Wildman–Crippen MR) is 40.8 cm³/mol. The molecule has 0 aromatic heterocycles. The smallest absolute Gasteiger partial charge is 0.300 e. The highest BCUT2D eigenvalue weighted by Gasteiger charge is 2.26. The minimum Gasteiger partial charge on any atom is -0.300 e. The molecular weight excluding hydrogens is 187 g/mol. The Labute approximate surface area is 74.1 Å². The molecule has 0 fully saturated rings. The maximum Gasteiger partial charge on any atom is 0.401 e. The summed E-state index contributed by atoms with van der Waals surface area (Å²) in [4.78, 5) is 10.8. The van der Waals surface area contributed by atoms with E-state index in [4.69, 9.17) is 0 Å². The average Bonchev–Trinajstić information content (AvgIpc) is 1.81. The third kappa shape index (κ3) is 9.09. The fourth-order valence-corrected chi connectivity index (χ4v) is 0.607. The van der Waals surface area contributed by atoms with Gasteiger partial charge in [0.2, 0.25) is 5.91 Å². The molecule has 1 amide bonds. The van der Waals surface area contributed by atoms with Crippen LogP contribution in [0.4, 0.5) is 13.2 Å². The van der Waals surface area contributed by atoms with Gasteiger partial charge in [-0.1, -0.05) is 0 Å². The van der Waals surface area contributed by atoms with Crippen LogP contribution in [0.15, 0.2) is 0 Å². The van der Waals surface area contributed by atoms with Gasteiger partial charge < -0.3 is 5.32 Å². The van der Waals surface area contributed by atoms with Gasteiger partial charge in [-0.3, -0.25) is 10.2 Å². The Balaban J connectivity index is 3.49. The molecule has 0 aromatic rings. The molecule has 0 saturated carbocycles. The third-order valence-corrected chi connectivity index (χ3v) is 0.959. The number of halogens is 3. The minimum absolute atomic E-state index is 0.350. The molecule has 7 heteroatoms. The molecule has 0 aliphatic rings. The molecule has 2 N–H and O–H groups in total. The van der Waals surface area contributed by atoms with Crippen LogP contribution in [0, 0.1) is 0 Å². The Bertz CT molecular complexity index is 169. The second kappa shape index (κ2) is 5.03. The standard InChI is InChI=1S/C6H12F3N3O/c1-12(2)11-5(13)3-10-4-6(7,8)9/h10H,3-4H2,1-2H3,(H,11,13). The maximum absolute atomic E-state index is 11.6. The van der Waals surface area contributed by atoms with E-state index in [-0.39, 0.29) is 6.54 Å². The quantitative estimate of drug-likeness (QED) is 0.613. The fourth-order valence-electron chi connectivity index (χ4n) is 0.607. The van der Waals surface area contributed by atoms with Crippen molar-refractivity contribution in [3.05, 3.63) is 0 Å². The first-order valence-electron chi connectivity index (χ1n) is 3.55. The molecule has 13 heavy (non-hydrogen) atoms. The van der Waals surface area contributed by atoms with E-state index < -0.39 is 18.6 Å². The van der Waals surface area contributed by atoms with Crippen LogP contribution in [-0.2, 0) is 4.79 Å². The Morgan fingerprint density at radius 3 is 2.31 bits per heavy atom. The number of hydrazine groups is 1. The van der Waals surface area contributed by atoms with Gasteiger partial charge in [-0.05, 0) is 0 Å². The highest BCUT2D eigenvalue weighted by Crippen LogP contribution is 2.11. The van der Waals surface area contributed by atoms with Gasteiger partial charge in [0.25, 0.3) is 0 Å².